The molecule has 4 rings (SSSR count). The topological polar surface area (TPSA) is 90.5 Å². The highest BCUT2D eigenvalue weighted by Crippen LogP contribution is 2.38. The van der Waals surface area contributed by atoms with Gasteiger partial charge >= 0.3 is 6.03 Å². The third kappa shape index (κ3) is 7.01. The zero-order chi connectivity index (χ0) is 27.3. The maximum Gasteiger partial charge on any atom is 0.320 e. The fraction of sp³-hybridized carbons (Fsp3) is 0.367. The van der Waals surface area contributed by atoms with Crippen LogP contribution < -0.4 is 16.1 Å². The highest BCUT2D eigenvalue weighted by atomic mass is 32.1. The van der Waals surface area contributed by atoms with E-state index in [1.54, 1.807) is 0 Å². The predicted molar refractivity (Wildman–Crippen MR) is 152 cm³/mol. The first-order valence-electron chi connectivity index (χ1n) is 12.9. The van der Waals surface area contributed by atoms with Gasteiger partial charge in [0.25, 0.3) is 5.91 Å². The summed E-state index contributed by atoms with van der Waals surface area (Å²) < 4.78 is 0. The molecule has 3 atom stereocenters. The van der Waals surface area contributed by atoms with Crippen molar-refractivity contribution in [3.8, 4) is 0 Å². The monoisotopic (exact) mass is 532 g/mol. The molecule has 38 heavy (non-hydrogen) atoms. The van der Waals surface area contributed by atoms with E-state index < -0.39 is 18.1 Å². The Balaban J connectivity index is 1.69. The molecule has 1 saturated heterocycles. The number of benzene rings is 2. The van der Waals surface area contributed by atoms with Gasteiger partial charge in [-0.1, -0.05) is 81.4 Å². The third-order valence-electron chi connectivity index (χ3n) is 6.66. The molecule has 3 N–H and O–H groups in total. The summed E-state index contributed by atoms with van der Waals surface area (Å²) in [5.41, 5.74) is 5.65. The van der Waals surface area contributed by atoms with Crippen LogP contribution in [0.2, 0.25) is 0 Å². The average molecular weight is 533 g/mol. The molecule has 0 bridgehead atoms. The van der Waals surface area contributed by atoms with E-state index in [1.165, 1.54) is 16.3 Å². The van der Waals surface area contributed by atoms with Gasteiger partial charge in [-0.25, -0.2) is 9.80 Å². The second kappa shape index (κ2) is 11.8. The van der Waals surface area contributed by atoms with E-state index in [4.69, 9.17) is 0 Å². The average Bonchev–Trinajstić information content (AvgIpc) is 3.22. The number of urea groups is 1. The fourth-order valence-electron chi connectivity index (χ4n) is 4.84. The number of carbonyl (C=O) groups excluding carboxylic acids is 3. The van der Waals surface area contributed by atoms with Gasteiger partial charge in [0.15, 0.2) is 0 Å². The molecule has 0 radical (unpaired) electrons. The first-order valence-corrected chi connectivity index (χ1v) is 13.8. The second-order valence-electron chi connectivity index (χ2n) is 11.1. The number of rotatable bonds is 6. The van der Waals surface area contributed by atoms with E-state index in [0.717, 1.165) is 21.7 Å². The van der Waals surface area contributed by atoms with Crippen molar-refractivity contribution in [2.45, 2.75) is 65.0 Å². The molecule has 200 valence electrons. The zero-order valence-electron chi connectivity index (χ0n) is 22.4. The number of hydrogen-bond acceptors (Lipinski definition) is 4. The number of nitrogens with zero attached hydrogens (tertiary/aromatic N) is 1. The van der Waals surface area contributed by atoms with Crippen molar-refractivity contribution >= 4 is 34.2 Å². The van der Waals surface area contributed by atoms with Gasteiger partial charge in [-0.05, 0) is 59.2 Å². The quantitative estimate of drug-likeness (QED) is 0.355. The molecule has 1 aliphatic heterocycles. The van der Waals surface area contributed by atoms with Crippen LogP contribution in [0.4, 0.5) is 9.80 Å². The molecule has 4 amide bonds. The number of thiophene rings is 1. The number of anilines is 1. The van der Waals surface area contributed by atoms with Crippen LogP contribution in [0.15, 0.2) is 72.1 Å². The first kappa shape index (κ1) is 27.4. The van der Waals surface area contributed by atoms with Crippen LogP contribution in [-0.4, -0.2) is 28.9 Å². The van der Waals surface area contributed by atoms with Crippen molar-refractivity contribution in [2.75, 3.05) is 5.32 Å². The van der Waals surface area contributed by atoms with Gasteiger partial charge in [0.1, 0.15) is 6.04 Å². The van der Waals surface area contributed by atoms with E-state index in [1.807, 2.05) is 87.7 Å². The first-order chi connectivity index (χ1) is 18.1. The summed E-state index contributed by atoms with van der Waals surface area (Å²) in [4.78, 5) is 40.2. The van der Waals surface area contributed by atoms with Crippen molar-refractivity contribution in [1.82, 2.24) is 15.8 Å². The summed E-state index contributed by atoms with van der Waals surface area (Å²) in [5, 5.41) is 9.88. The lowest BCUT2D eigenvalue weighted by atomic mass is 9.86. The fourth-order valence-corrected chi connectivity index (χ4v) is 5.66. The number of hydrogen-bond donors (Lipinski definition) is 3. The van der Waals surface area contributed by atoms with Crippen molar-refractivity contribution in [2.24, 2.45) is 5.41 Å². The van der Waals surface area contributed by atoms with Crippen LogP contribution in [0.3, 0.4) is 0 Å². The summed E-state index contributed by atoms with van der Waals surface area (Å²) in [5.74, 6) is -0.594. The smallest absolute Gasteiger partial charge is 0.320 e. The number of nitrogens with one attached hydrogen (secondary N) is 3. The van der Waals surface area contributed by atoms with Crippen LogP contribution in [0.5, 0.6) is 0 Å². The molecule has 3 aromatic rings. The number of carbonyl (C=O) groups is 3. The SMILES string of the molecule is Cc1ccsc1NC(=O)NC1CC(c2ccccc2)CC(c2ccccc2)N(NC(=O)CC(C)(C)C)C1=O. The van der Waals surface area contributed by atoms with Gasteiger partial charge in [0, 0.05) is 6.42 Å². The molecular formula is C30H36N4O3S. The van der Waals surface area contributed by atoms with Crippen molar-refractivity contribution in [1.29, 1.82) is 0 Å². The number of aryl methyl sites for hydroxylation is 1. The van der Waals surface area contributed by atoms with Gasteiger partial charge in [-0.3, -0.25) is 20.3 Å². The molecule has 0 aliphatic carbocycles. The predicted octanol–water partition coefficient (Wildman–Crippen LogP) is 6.16. The minimum Gasteiger partial charge on any atom is -0.326 e. The second-order valence-corrected chi connectivity index (χ2v) is 12.0. The van der Waals surface area contributed by atoms with Crippen LogP contribution in [-0.2, 0) is 9.59 Å². The Morgan fingerprint density at radius 3 is 2.16 bits per heavy atom. The molecule has 1 fully saturated rings. The normalized spacial score (nSPS) is 19.9. The van der Waals surface area contributed by atoms with Gasteiger partial charge < -0.3 is 5.32 Å². The van der Waals surface area contributed by atoms with Crippen LogP contribution in [0.25, 0.3) is 0 Å². The zero-order valence-corrected chi connectivity index (χ0v) is 23.2. The molecular weight excluding hydrogens is 496 g/mol. The van der Waals surface area contributed by atoms with E-state index in [-0.39, 0.29) is 29.6 Å². The summed E-state index contributed by atoms with van der Waals surface area (Å²) in [6, 6.07) is 20.0. The lowest BCUT2D eigenvalue weighted by Gasteiger charge is -2.33. The van der Waals surface area contributed by atoms with E-state index in [2.05, 4.69) is 28.2 Å². The van der Waals surface area contributed by atoms with Crippen molar-refractivity contribution in [3.63, 3.8) is 0 Å². The Bertz CT molecular complexity index is 1250. The highest BCUT2D eigenvalue weighted by molar-refractivity contribution is 7.14. The van der Waals surface area contributed by atoms with Crippen molar-refractivity contribution in [3.05, 3.63) is 88.8 Å². The lowest BCUT2D eigenvalue weighted by Crippen LogP contribution is -2.55. The molecule has 1 aromatic heterocycles. The number of amides is 4. The Morgan fingerprint density at radius 1 is 0.947 bits per heavy atom. The molecule has 1 aliphatic rings. The summed E-state index contributed by atoms with van der Waals surface area (Å²) >= 11 is 1.43. The third-order valence-corrected chi connectivity index (χ3v) is 7.59. The molecule has 0 saturated carbocycles. The molecule has 3 unspecified atom stereocenters. The van der Waals surface area contributed by atoms with Crippen LogP contribution in [0, 0.1) is 12.3 Å². The van der Waals surface area contributed by atoms with Gasteiger partial charge in [0.05, 0.1) is 11.0 Å². The standard InChI is InChI=1S/C30H36N4O3S/c1-20-15-16-38-27(20)32-29(37)31-24-17-23(21-11-7-5-8-12-21)18-25(22-13-9-6-10-14-22)34(28(24)36)33-26(35)19-30(2,3)4/h5-16,23-25H,17-19H2,1-4H3,(H,33,35)(H2,31,32,37). The van der Waals surface area contributed by atoms with E-state index in [9.17, 15) is 14.4 Å². The lowest BCUT2D eigenvalue weighted by molar-refractivity contribution is -0.146. The molecule has 2 aromatic carbocycles. The van der Waals surface area contributed by atoms with Crippen molar-refractivity contribution < 1.29 is 14.4 Å². The largest absolute Gasteiger partial charge is 0.326 e. The minimum atomic E-state index is -0.830. The van der Waals surface area contributed by atoms with Crippen LogP contribution >= 0.6 is 11.3 Å². The molecule has 2 heterocycles. The summed E-state index contributed by atoms with van der Waals surface area (Å²) in [6.45, 7) is 7.87. The Hall–Kier alpha value is -3.65. The van der Waals surface area contributed by atoms with E-state index in [0.29, 0.717) is 12.8 Å². The Morgan fingerprint density at radius 2 is 1.58 bits per heavy atom. The molecule has 7 nitrogen and oxygen atoms in total. The van der Waals surface area contributed by atoms with E-state index >= 15 is 0 Å². The minimum absolute atomic E-state index is 0.0244. The maximum atomic E-state index is 14.1. The maximum absolute atomic E-state index is 14.1. The summed E-state index contributed by atoms with van der Waals surface area (Å²) in [7, 11) is 0. The highest BCUT2D eigenvalue weighted by Gasteiger charge is 2.40. The summed E-state index contributed by atoms with van der Waals surface area (Å²) in [6.07, 6.45) is 1.27. The molecule has 8 heteroatoms. The van der Waals surface area contributed by atoms with Gasteiger partial charge in [0.2, 0.25) is 5.91 Å². The Labute approximate surface area is 228 Å². The Kier molecular flexibility index (Phi) is 8.52. The van der Waals surface area contributed by atoms with Gasteiger partial charge in [-0.15, -0.1) is 11.3 Å². The van der Waals surface area contributed by atoms with Gasteiger partial charge in [-0.2, -0.15) is 0 Å². The van der Waals surface area contributed by atoms with Crippen LogP contribution in [0.1, 0.15) is 68.7 Å². The molecule has 0 spiro atoms. The number of hydrazine groups is 1.